The Labute approximate surface area is 149 Å². The highest BCUT2D eigenvalue weighted by Gasteiger charge is 2.22. The fourth-order valence-corrected chi connectivity index (χ4v) is 3.40. The topological polar surface area (TPSA) is 63.7 Å². The van der Waals surface area contributed by atoms with Gasteiger partial charge in [0.1, 0.15) is 6.54 Å². The number of nitrogens with zero attached hydrogens (tertiary/aromatic N) is 1. The highest BCUT2D eigenvalue weighted by atomic mass is 32.2. The number of sulfonamides is 1. The minimum absolute atomic E-state index is 0.263. The van der Waals surface area contributed by atoms with E-state index in [9.17, 15) is 13.2 Å². The first-order valence-electron chi connectivity index (χ1n) is 8.11. The summed E-state index contributed by atoms with van der Waals surface area (Å²) in [5.41, 5.74) is 2.45. The molecule has 0 unspecified atom stereocenters. The highest BCUT2D eigenvalue weighted by molar-refractivity contribution is 7.92. The zero-order chi connectivity index (χ0) is 18.3. The summed E-state index contributed by atoms with van der Waals surface area (Å²) in [5, 5.41) is 0. The summed E-state index contributed by atoms with van der Waals surface area (Å²) >= 11 is 0. The van der Waals surface area contributed by atoms with Crippen LogP contribution in [-0.2, 0) is 26.0 Å². The Bertz CT molecular complexity index is 803. The number of aryl methyl sites for hydroxylation is 2. The van der Waals surface area contributed by atoms with Crippen LogP contribution in [0.25, 0.3) is 0 Å². The van der Waals surface area contributed by atoms with Crippen molar-refractivity contribution in [1.29, 1.82) is 0 Å². The lowest BCUT2D eigenvalue weighted by atomic mass is 10.1. The molecule has 0 radical (unpaired) electrons. The van der Waals surface area contributed by atoms with E-state index in [1.807, 2.05) is 36.4 Å². The van der Waals surface area contributed by atoms with Gasteiger partial charge in [-0.15, -0.1) is 0 Å². The first-order chi connectivity index (χ1) is 11.9. The normalized spacial score (nSPS) is 11.1. The van der Waals surface area contributed by atoms with Crippen LogP contribution in [0.5, 0.6) is 0 Å². The zero-order valence-corrected chi connectivity index (χ0v) is 15.3. The first kappa shape index (κ1) is 19.0. The van der Waals surface area contributed by atoms with E-state index in [0.29, 0.717) is 12.1 Å². The fourth-order valence-electron chi connectivity index (χ4n) is 2.49. The predicted octanol–water partition coefficient (Wildman–Crippen LogP) is 2.94. The number of rotatable bonds is 8. The molecule has 0 heterocycles. The number of carbonyl (C=O) groups excluding carboxylic acids is 1. The number of esters is 1. The van der Waals surface area contributed by atoms with Crippen molar-refractivity contribution in [1.82, 2.24) is 0 Å². The number of para-hydroxylation sites is 1. The monoisotopic (exact) mass is 361 g/mol. The number of benzene rings is 2. The van der Waals surface area contributed by atoms with Crippen LogP contribution < -0.4 is 4.31 Å². The number of anilines is 1. The molecular weight excluding hydrogens is 338 g/mol. The molecule has 0 aliphatic carbocycles. The Morgan fingerprint density at radius 2 is 1.68 bits per heavy atom. The maximum atomic E-state index is 12.1. The smallest absolute Gasteiger partial charge is 0.326 e. The molecule has 0 bridgehead atoms. The van der Waals surface area contributed by atoms with Gasteiger partial charge in [-0.2, -0.15) is 0 Å². The van der Waals surface area contributed by atoms with E-state index < -0.39 is 16.0 Å². The van der Waals surface area contributed by atoms with Crippen molar-refractivity contribution >= 4 is 21.7 Å². The molecule has 6 heteroatoms. The minimum atomic E-state index is -3.58. The summed E-state index contributed by atoms with van der Waals surface area (Å²) < 4.78 is 30.4. The SMILES string of the molecule is Cc1ccccc1N(CC(=O)OCCCc1ccccc1)S(C)(=O)=O. The maximum absolute atomic E-state index is 12.1. The van der Waals surface area contributed by atoms with Crippen LogP contribution in [0.3, 0.4) is 0 Å². The van der Waals surface area contributed by atoms with Gasteiger partial charge in [0.2, 0.25) is 10.0 Å². The number of ether oxygens (including phenoxy) is 1. The molecule has 0 N–H and O–H groups in total. The van der Waals surface area contributed by atoms with E-state index in [-0.39, 0.29) is 13.2 Å². The average Bonchev–Trinajstić information content (AvgIpc) is 2.57. The molecule has 134 valence electrons. The van der Waals surface area contributed by atoms with Crippen LogP contribution in [0.1, 0.15) is 17.5 Å². The lowest BCUT2D eigenvalue weighted by Gasteiger charge is -2.23. The number of hydrogen-bond donors (Lipinski definition) is 0. The molecule has 2 aromatic carbocycles. The van der Waals surface area contributed by atoms with E-state index >= 15 is 0 Å². The predicted molar refractivity (Wildman–Crippen MR) is 99.1 cm³/mol. The van der Waals surface area contributed by atoms with Crippen LogP contribution in [-0.4, -0.2) is 33.8 Å². The summed E-state index contributed by atoms with van der Waals surface area (Å²) in [5.74, 6) is -0.554. The van der Waals surface area contributed by atoms with Gasteiger partial charge in [-0.05, 0) is 37.0 Å². The van der Waals surface area contributed by atoms with E-state index in [0.717, 1.165) is 22.5 Å². The second-order valence-corrected chi connectivity index (χ2v) is 7.77. The first-order valence-corrected chi connectivity index (χ1v) is 9.95. The molecule has 0 aliphatic heterocycles. The molecule has 2 aromatic rings. The molecule has 0 amide bonds. The Hall–Kier alpha value is -2.34. The van der Waals surface area contributed by atoms with Gasteiger partial charge >= 0.3 is 5.97 Å². The second-order valence-electron chi connectivity index (χ2n) is 5.87. The van der Waals surface area contributed by atoms with Crippen molar-refractivity contribution in [2.45, 2.75) is 19.8 Å². The standard InChI is InChI=1S/C19H23NO4S/c1-16-9-6-7-13-18(16)20(25(2,22)23)15-19(21)24-14-8-12-17-10-4-3-5-11-17/h3-7,9-11,13H,8,12,14-15H2,1-2H3. The van der Waals surface area contributed by atoms with E-state index in [1.54, 1.807) is 25.1 Å². The molecule has 5 nitrogen and oxygen atoms in total. The van der Waals surface area contributed by atoms with Crippen LogP contribution in [0.15, 0.2) is 54.6 Å². The van der Waals surface area contributed by atoms with Crippen LogP contribution >= 0.6 is 0 Å². The number of hydrogen-bond acceptors (Lipinski definition) is 4. The van der Waals surface area contributed by atoms with Gasteiger partial charge in [0, 0.05) is 0 Å². The van der Waals surface area contributed by atoms with Gasteiger partial charge in [0.05, 0.1) is 18.6 Å². The summed E-state index contributed by atoms with van der Waals surface area (Å²) in [7, 11) is -3.58. The Morgan fingerprint density at radius 1 is 1.04 bits per heavy atom. The third-order valence-corrected chi connectivity index (χ3v) is 4.90. The maximum Gasteiger partial charge on any atom is 0.326 e. The molecule has 25 heavy (non-hydrogen) atoms. The Balaban J connectivity index is 1.91. The molecule has 0 aliphatic rings. The molecule has 0 aromatic heterocycles. The molecule has 0 saturated carbocycles. The molecule has 2 rings (SSSR count). The van der Waals surface area contributed by atoms with Gasteiger partial charge in [0.15, 0.2) is 0 Å². The molecular formula is C19H23NO4S. The van der Waals surface area contributed by atoms with Crippen LogP contribution in [0.4, 0.5) is 5.69 Å². The summed E-state index contributed by atoms with van der Waals surface area (Å²) in [6.07, 6.45) is 2.59. The van der Waals surface area contributed by atoms with Crippen molar-refractivity contribution in [3.05, 3.63) is 65.7 Å². The quantitative estimate of drug-likeness (QED) is 0.536. The Morgan fingerprint density at radius 3 is 2.32 bits per heavy atom. The zero-order valence-electron chi connectivity index (χ0n) is 14.5. The number of carbonyl (C=O) groups is 1. The minimum Gasteiger partial charge on any atom is -0.464 e. The van der Waals surface area contributed by atoms with Gasteiger partial charge < -0.3 is 4.74 Å². The molecule has 0 spiro atoms. The van der Waals surface area contributed by atoms with E-state index in [2.05, 4.69) is 0 Å². The summed E-state index contributed by atoms with van der Waals surface area (Å²) in [6, 6.07) is 17.0. The van der Waals surface area contributed by atoms with Crippen LogP contribution in [0, 0.1) is 6.92 Å². The summed E-state index contributed by atoms with van der Waals surface area (Å²) in [4.78, 5) is 12.1. The average molecular weight is 361 g/mol. The fraction of sp³-hybridized carbons (Fsp3) is 0.316. The van der Waals surface area contributed by atoms with Crippen molar-refractivity contribution < 1.29 is 17.9 Å². The molecule has 0 fully saturated rings. The van der Waals surface area contributed by atoms with Gasteiger partial charge in [-0.25, -0.2) is 8.42 Å². The van der Waals surface area contributed by atoms with Crippen molar-refractivity contribution in [2.75, 3.05) is 23.7 Å². The molecule has 0 atom stereocenters. The lowest BCUT2D eigenvalue weighted by Crippen LogP contribution is -2.36. The largest absolute Gasteiger partial charge is 0.464 e. The van der Waals surface area contributed by atoms with E-state index in [1.165, 1.54) is 5.56 Å². The van der Waals surface area contributed by atoms with Gasteiger partial charge in [-0.3, -0.25) is 9.10 Å². The lowest BCUT2D eigenvalue weighted by molar-refractivity contribution is -0.141. The van der Waals surface area contributed by atoms with Crippen molar-refractivity contribution in [2.24, 2.45) is 0 Å². The molecule has 0 saturated heterocycles. The van der Waals surface area contributed by atoms with Crippen molar-refractivity contribution in [3.63, 3.8) is 0 Å². The third-order valence-electron chi connectivity index (χ3n) is 3.77. The Kier molecular flexibility index (Phi) is 6.58. The van der Waals surface area contributed by atoms with Crippen LogP contribution in [0.2, 0.25) is 0 Å². The summed E-state index contributed by atoms with van der Waals surface area (Å²) in [6.45, 7) is 1.74. The second kappa shape index (κ2) is 8.67. The van der Waals surface area contributed by atoms with E-state index in [4.69, 9.17) is 4.74 Å². The van der Waals surface area contributed by atoms with Gasteiger partial charge in [-0.1, -0.05) is 48.5 Å². The third kappa shape index (κ3) is 5.90. The van der Waals surface area contributed by atoms with Crippen molar-refractivity contribution in [3.8, 4) is 0 Å². The highest BCUT2D eigenvalue weighted by Crippen LogP contribution is 2.21. The van der Waals surface area contributed by atoms with Gasteiger partial charge in [0.25, 0.3) is 0 Å².